The van der Waals surface area contributed by atoms with Crippen LogP contribution >= 0.6 is 0 Å². The third kappa shape index (κ3) is 4.37. The summed E-state index contributed by atoms with van der Waals surface area (Å²) in [5.74, 6) is 0.528. The number of hydrogen-bond acceptors (Lipinski definition) is 5. The van der Waals surface area contributed by atoms with E-state index < -0.39 is 0 Å². The number of ether oxygens (including phenoxy) is 2. The van der Waals surface area contributed by atoms with Gasteiger partial charge in [0, 0.05) is 30.4 Å². The fourth-order valence-electron chi connectivity index (χ4n) is 4.17. The molecule has 6 nitrogen and oxygen atoms in total. The first-order valence-electron chi connectivity index (χ1n) is 9.88. The van der Waals surface area contributed by atoms with Gasteiger partial charge in [-0.3, -0.25) is 9.69 Å². The van der Waals surface area contributed by atoms with E-state index in [4.69, 9.17) is 9.47 Å². The minimum Gasteiger partial charge on any atom is -0.372 e. The largest absolute Gasteiger partial charge is 0.372 e. The third-order valence-corrected chi connectivity index (χ3v) is 5.65. The van der Waals surface area contributed by atoms with E-state index in [0.29, 0.717) is 25.7 Å². The molecule has 3 fully saturated rings. The zero-order chi connectivity index (χ0) is 17.8. The molecule has 0 bridgehead atoms. The number of nitrogens with one attached hydrogen (secondary N) is 1. The lowest BCUT2D eigenvalue weighted by Crippen LogP contribution is -2.41. The van der Waals surface area contributed by atoms with Crippen molar-refractivity contribution in [2.75, 3.05) is 56.2 Å². The van der Waals surface area contributed by atoms with Gasteiger partial charge in [-0.25, -0.2) is 0 Å². The van der Waals surface area contributed by atoms with Crippen molar-refractivity contribution < 1.29 is 14.3 Å². The SMILES string of the molecule is O=C(CN1CCC(C2OCCO2)CC1)Nc1ccc(N2CCCC2)cc1. The van der Waals surface area contributed by atoms with Crippen LogP contribution in [-0.4, -0.2) is 63.0 Å². The number of nitrogens with zero attached hydrogens (tertiary/aromatic N) is 2. The highest BCUT2D eigenvalue weighted by atomic mass is 16.7. The smallest absolute Gasteiger partial charge is 0.238 e. The Morgan fingerprint density at radius 2 is 1.65 bits per heavy atom. The highest BCUT2D eigenvalue weighted by molar-refractivity contribution is 5.92. The van der Waals surface area contributed by atoms with Crippen LogP contribution in [0.5, 0.6) is 0 Å². The van der Waals surface area contributed by atoms with E-state index >= 15 is 0 Å². The minimum absolute atomic E-state index is 0.0277. The van der Waals surface area contributed by atoms with Crippen molar-refractivity contribution in [3.63, 3.8) is 0 Å². The average Bonchev–Trinajstić information content (AvgIpc) is 3.37. The Balaban J connectivity index is 1.21. The summed E-state index contributed by atoms with van der Waals surface area (Å²) in [4.78, 5) is 17.0. The first-order valence-corrected chi connectivity index (χ1v) is 9.88. The van der Waals surface area contributed by atoms with Crippen molar-refractivity contribution >= 4 is 17.3 Å². The molecule has 3 heterocycles. The predicted octanol–water partition coefficient (Wildman–Crippen LogP) is 2.31. The molecule has 26 heavy (non-hydrogen) atoms. The van der Waals surface area contributed by atoms with E-state index in [1.807, 2.05) is 12.1 Å². The number of rotatable bonds is 5. The first kappa shape index (κ1) is 17.8. The molecule has 3 aliphatic rings. The molecule has 1 N–H and O–H groups in total. The van der Waals surface area contributed by atoms with Crippen LogP contribution in [0.25, 0.3) is 0 Å². The minimum atomic E-state index is -0.0277. The van der Waals surface area contributed by atoms with Crippen LogP contribution in [0.15, 0.2) is 24.3 Å². The van der Waals surface area contributed by atoms with Crippen LogP contribution in [-0.2, 0) is 14.3 Å². The summed E-state index contributed by atoms with van der Waals surface area (Å²) in [6.45, 7) is 6.00. The first-order chi connectivity index (χ1) is 12.8. The molecule has 1 aromatic rings. The van der Waals surface area contributed by atoms with E-state index in [2.05, 4.69) is 27.2 Å². The van der Waals surface area contributed by atoms with Gasteiger partial charge in [0.25, 0.3) is 0 Å². The molecule has 0 atom stereocenters. The molecule has 1 amide bonds. The molecule has 3 saturated heterocycles. The van der Waals surface area contributed by atoms with Crippen molar-refractivity contribution in [3.8, 4) is 0 Å². The zero-order valence-corrected chi connectivity index (χ0v) is 15.4. The number of anilines is 2. The second kappa shape index (κ2) is 8.37. The normalized spacial score (nSPS) is 22.8. The Morgan fingerprint density at radius 3 is 2.31 bits per heavy atom. The highest BCUT2D eigenvalue weighted by Gasteiger charge is 2.30. The maximum absolute atomic E-state index is 12.3. The lowest BCUT2D eigenvalue weighted by Gasteiger charge is -2.33. The molecule has 6 heteroatoms. The lowest BCUT2D eigenvalue weighted by atomic mass is 9.96. The molecular weight excluding hydrogens is 330 g/mol. The van der Waals surface area contributed by atoms with E-state index in [9.17, 15) is 4.79 Å². The Bertz CT molecular complexity index is 587. The van der Waals surface area contributed by atoms with Crippen LogP contribution in [0.1, 0.15) is 25.7 Å². The van der Waals surface area contributed by atoms with E-state index in [0.717, 1.165) is 44.7 Å². The fraction of sp³-hybridized carbons (Fsp3) is 0.650. The van der Waals surface area contributed by atoms with Gasteiger partial charge in [0.05, 0.1) is 19.8 Å². The van der Waals surface area contributed by atoms with Crippen LogP contribution in [0.3, 0.4) is 0 Å². The summed E-state index contributed by atoms with van der Waals surface area (Å²) in [5, 5.41) is 3.02. The Labute approximate surface area is 155 Å². The summed E-state index contributed by atoms with van der Waals surface area (Å²) in [6, 6.07) is 8.22. The van der Waals surface area contributed by atoms with Crippen molar-refractivity contribution in [1.82, 2.24) is 4.90 Å². The van der Waals surface area contributed by atoms with Crippen molar-refractivity contribution in [3.05, 3.63) is 24.3 Å². The number of carbonyl (C=O) groups excluding carboxylic acids is 1. The van der Waals surface area contributed by atoms with E-state index in [1.54, 1.807) is 0 Å². The number of piperidine rings is 1. The Hall–Kier alpha value is -1.63. The second-order valence-corrected chi connectivity index (χ2v) is 7.51. The molecule has 0 aromatic heterocycles. The molecule has 0 spiro atoms. The van der Waals surface area contributed by atoms with Gasteiger partial charge in [-0.15, -0.1) is 0 Å². The zero-order valence-electron chi connectivity index (χ0n) is 15.4. The van der Waals surface area contributed by atoms with Crippen LogP contribution in [0.4, 0.5) is 11.4 Å². The van der Waals surface area contributed by atoms with Gasteiger partial charge >= 0.3 is 0 Å². The number of benzene rings is 1. The predicted molar refractivity (Wildman–Crippen MR) is 101 cm³/mol. The van der Waals surface area contributed by atoms with Crippen molar-refractivity contribution in [2.24, 2.45) is 5.92 Å². The van der Waals surface area contributed by atoms with Crippen molar-refractivity contribution in [1.29, 1.82) is 0 Å². The van der Waals surface area contributed by atoms with Crippen LogP contribution in [0.2, 0.25) is 0 Å². The summed E-state index contributed by atoms with van der Waals surface area (Å²) in [7, 11) is 0. The monoisotopic (exact) mass is 359 g/mol. The summed E-state index contributed by atoms with van der Waals surface area (Å²) in [5.41, 5.74) is 2.12. The van der Waals surface area contributed by atoms with Gasteiger partial charge < -0.3 is 19.7 Å². The number of amides is 1. The van der Waals surface area contributed by atoms with Crippen molar-refractivity contribution in [2.45, 2.75) is 32.0 Å². The maximum Gasteiger partial charge on any atom is 0.238 e. The molecular formula is C20H29N3O3. The lowest BCUT2D eigenvalue weighted by molar-refractivity contribution is -0.119. The average molecular weight is 359 g/mol. The van der Waals surface area contributed by atoms with Crippen LogP contribution < -0.4 is 10.2 Å². The Kier molecular flexibility index (Phi) is 5.72. The topological polar surface area (TPSA) is 54.0 Å². The summed E-state index contributed by atoms with van der Waals surface area (Å²) in [6.07, 6.45) is 4.58. The van der Waals surface area contributed by atoms with Gasteiger partial charge in [0.1, 0.15) is 0 Å². The highest BCUT2D eigenvalue weighted by Crippen LogP contribution is 2.26. The van der Waals surface area contributed by atoms with Gasteiger partial charge in [-0.1, -0.05) is 0 Å². The fourth-order valence-corrected chi connectivity index (χ4v) is 4.17. The molecule has 1 aromatic carbocycles. The summed E-state index contributed by atoms with van der Waals surface area (Å²) >= 11 is 0. The van der Waals surface area contributed by atoms with Gasteiger partial charge in [-0.2, -0.15) is 0 Å². The number of carbonyl (C=O) groups is 1. The summed E-state index contributed by atoms with van der Waals surface area (Å²) < 4.78 is 11.2. The molecule has 4 rings (SSSR count). The molecule has 0 saturated carbocycles. The maximum atomic E-state index is 12.3. The third-order valence-electron chi connectivity index (χ3n) is 5.65. The molecule has 3 aliphatic heterocycles. The van der Waals surface area contributed by atoms with E-state index in [1.165, 1.54) is 18.5 Å². The molecule has 0 radical (unpaired) electrons. The van der Waals surface area contributed by atoms with Gasteiger partial charge in [0.15, 0.2) is 6.29 Å². The Morgan fingerprint density at radius 1 is 1.00 bits per heavy atom. The number of hydrogen-bond donors (Lipinski definition) is 1. The molecule has 0 unspecified atom stereocenters. The second-order valence-electron chi connectivity index (χ2n) is 7.51. The standard InChI is InChI=1S/C20H29N3O3/c24-19(15-22-11-7-16(8-12-22)20-25-13-14-26-20)21-17-3-5-18(6-4-17)23-9-1-2-10-23/h3-6,16,20H,1-2,7-15H2,(H,21,24). The van der Waals surface area contributed by atoms with Crippen LogP contribution in [0, 0.1) is 5.92 Å². The molecule has 0 aliphatic carbocycles. The van der Waals surface area contributed by atoms with E-state index in [-0.39, 0.29) is 12.2 Å². The quantitative estimate of drug-likeness (QED) is 0.874. The van der Waals surface area contributed by atoms with Gasteiger partial charge in [0.2, 0.25) is 5.91 Å². The number of likely N-dealkylation sites (tertiary alicyclic amines) is 1. The van der Waals surface area contributed by atoms with Gasteiger partial charge in [-0.05, 0) is 63.0 Å². The molecule has 142 valence electrons.